The number of nitrogens with zero attached hydrogens (tertiary/aromatic N) is 2. The molecule has 5 heteroatoms. The van der Waals surface area contributed by atoms with Gasteiger partial charge >= 0.3 is 0 Å². The van der Waals surface area contributed by atoms with Crippen LogP contribution in [0.25, 0.3) is 0 Å². The highest BCUT2D eigenvalue weighted by atomic mass is 16.9. The zero-order valence-corrected chi connectivity index (χ0v) is 10.7. The molecule has 1 heterocycles. The Balaban J connectivity index is 2.62. The van der Waals surface area contributed by atoms with Gasteiger partial charge in [0.1, 0.15) is 5.54 Å². The zero-order chi connectivity index (χ0) is 12.4. The van der Waals surface area contributed by atoms with Gasteiger partial charge in [0.25, 0.3) is 5.09 Å². The van der Waals surface area contributed by atoms with Gasteiger partial charge in [0, 0.05) is 0 Å². The van der Waals surface area contributed by atoms with Crippen LogP contribution in [0.15, 0.2) is 0 Å². The average molecular weight is 231 g/mol. The third kappa shape index (κ3) is 2.84. The normalized spacial score (nSPS) is 31.1. The van der Waals surface area contributed by atoms with Crippen LogP contribution in [0.3, 0.4) is 0 Å². The molecule has 0 unspecified atom stereocenters. The summed E-state index contributed by atoms with van der Waals surface area (Å²) in [6, 6.07) is 0. The van der Waals surface area contributed by atoms with E-state index in [-0.39, 0.29) is 12.1 Å². The molecular formula is C11H23N2O3+. The first-order valence-electron chi connectivity index (χ1n) is 5.89. The Morgan fingerprint density at radius 1 is 1.44 bits per heavy atom. The van der Waals surface area contributed by atoms with Crippen molar-refractivity contribution < 1.29 is 14.4 Å². The standard InChI is InChI=1S/C11H23N2O3/c1-10-5-7-13(4,8-6-10)11(2,3)9-16-12(14)15/h10H,5-9H2,1-4H3/q+1. The van der Waals surface area contributed by atoms with Crippen LogP contribution >= 0.6 is 0 Å². The van der Waals surface area contributed by atoms with Gasteiger partial charge in [0.2, 0.25) is 0 Å². The van der Waals surface area contributed by atoms with Crippen LogP contribution in [0.4, 0.5) is 0 Å². The first-order chi connectivity index (χ1) is 7.27. The van der Waals surface area contributed by atoms with Gasteiger partial charge < -0.3 is 9.32 Å². The van der Waals surface area contributed by atoms with Crippen molar-refractivity contribution in [3.05, 3.63) is 10.1 Å². The van der Waals surface area contributed by atoms with Crippen LogP contribution in [0, 0.1) is 16.0 Å². The second-order valence-corrected chi connectivity index (χ2v) is 5.84. The Bertz CT molecular complexity index is 258. The summed E-state index contributed by atoms with van der Waals surface area (Å²) in [6.45, 7) is 8.69. The Morgan fingerprint density at radius 2 is 1.94 bits per heavy atom. The largest absolute Gasteiger partial charge is 0.320 e. The van der Waals surface area contributed by atoms with Crippen LogP contribution in [0.2, 0.25) is 0 Å². The van der Waals surface area contributed by atoms with Crippen molar-refractivity contribution in [3.8, 4) is 0 Å². The fourth-order valence-corrected chi connectivity index (χ4v) is 2.24. The van der Waals surface area contributed by atoms with E-state index in [0.717, 1.165) is 23.5 Å². The van der Waals surface area contributed by atoms with Crippen molar-refractivity contribution >= 4 is 0 Å². The van der Waals surface area contributed by atoms with Crippen molar-refractivity contribution in [2.24, 2.45) is 5.92 Å². The third-order valence-corrected chi connectivity index (χ3v) is 4.22. The molecule has 0 bridgehead atoms. The summed E-state index contributed by atoms with van der Waals surface area (Å²) in [7, 11) is 2.18. The summed E-state index contributed by atoms with van der Waals surface area (Å²) < 4.78 is 0.866. The second kappa shape index (κ2) is 4.57. The van der Waals surface area contributed by atoms with Crippen molar-refractivity contribution in [3.63, 3.8) is 0 Å². The molecule has 0 aromatic rings. The fourth-order valence-electron chi connectivity index (χ4n) is 2.24. The maximum Gasteiger partial charge on any atom is 0.294 e. The molecule has 1 fully saturated rings. The molecule has 5 nitrogen and oxygen atoms in total. The average Bonchev–Trinajstić information content (AvgIpc) is 2.20. The van der Waals surface area contributed by atoms with Gasteiger partial charge in [0.05, 0.1) is 20.1 Å². The van der Waals surface area contributed by atoms with Crippen LogP contribution in [-0.4, -0.2) is 41.9 Å². The number of likely N-dealkylation sites (tertiary alicyclic amines) is 1. The van der Waals surface area contributed by atoms with E-state index < -0.39 is 5.09 Å². The van der Waals surface area contributed by atoms with Gasteiger partial charge in [0.15, 0.2) is 6.61 Å². The lowest BCUT2D eigenvalue weighted by Gasteiger charge is -2.50. The van der Waals surface area contributed by atoms with Crippen LogP contribution in [0.5, 0.6) is 0 Å². The SMILES string of the molecule is CC1CC[N+](C)(C(C)(C)CO[N+](=O)[O-])CC1. The second-order valence-electron chi connectivity index (χ2n) is 5.84. The van der Waals surface area contributed by atoms with E-state index in [4.69, 9.17) is 0 Å². The Hall–Kier alpha value is -0.840. The molecule has 0 aliphatic carbocycles. The van der Waals surface area contributed by atoms with E-state index in [0.29, 0.717) is 0 Å². The maximum absolute atomic E-state index is 10.3. The molecule has 16 heavy (non-hydrogen) atoms. The molecule has 0 spiro atoms. The van der Waals surface area contributed by atoms with E-state index in [1.54, 1.807) is 0 Å². The summed E-state index contributed by atoms with van der Waals surface area (Å²) in [6.07, 6.45) is 2.39. The number of hydrogen-bond acceptors (Lipinski definition) is 3. The van der Waals surface area contributed by atoms with E-state index in [1.807, 2.05) is 13.8 Å². The van der Waals surface area contributed by atoms with Crippen molar-refractivity contribution in [2.75, 3.05) is 26.7 Å². The summed E-state index contributed by atoms with van der Waals surface area (Å²) in [5.74, 6) is 0.776. The highest BCUT2D eigenvalue weighted by Crippen LogP contribution is 2.30. The molecule has 94 valence electrons. The smallest absolute Gasteiger partial charge is 0.294 e. The summed E-state index contributed by atoms with van der Waals surface area (Å²) in [5.41, 5.74) is -0.201. The molecule has 1 rings (SSSR count). The molecule has 1 saturated heterocycles. The number of rotatable bonds is 4. The summed E-state index contributed by atoms with van der Waals surface area (Å²) >= 11 is 0. The minimum absolute atomic E-state index is 0.172. The number of piperidine rings is 1. The molecule has 0 atom stereocenters. The van der Waals surface area contributed by atoms with Gasteiger partial charge in [-0.3, -0.25) is 0 Å². The molecule has 1 aliphatic heterocycles. The molecule has 0 amide bonds. The lowest BCUT2D eigenvalue weighted by Crippen LogP contribution is -2.64. The van der Waals surface area contributed by atoms with Gasteiger partial charge in [-0.1, -0.05) is 6.92 Å². The summed E-state index contributed by atoms with van der Waals surface area (Å²) in [5, 5.41) is 9.57. The van der Waals surface area contributed by atoms with Crippen molar-refractivity contribution in [1.82, 2.24) is 0 Å². The lowest BCUT2D eigenvalue weighted by molar-refractivity contribution is -0.966. The van der Waals surface area contributed by atoms with Gasteiger partial charge in [-0.2, -0.15) is 0 Å². The van der Waals surface area contributed by atoms with Crippen LogP contribution in [-0.2, 0) is 4.84 Å². The van der Waals surface area contributed by atoms with E-state index in [9.17, 15) is 10.1 Å². The van der Waals surface area contributed by atoms with E-state index in [2.05, 4.69) is 18.8 Å². The zero-order valence-electron chi connectivity index (χ0n) is 10.7. The minimum atomic E-state index is -0.694. The monoisotopic (exact) mass is 231 g/mol. The summed E-state index contributed by atoms with van der Waals surface area (Å²) in [4.78, 5) is 14.8. The predicted octanol–water partition coefficient (Wildman–Crippen LogP) is 1.85. The Labute approximate surface area is 97.1 Å². The molecule has 0 aromatic heterocycles. The molecule has 0 aromatic carbocycles. The Morgan fingerprint density at radius 3 is 2.38 bits per heavy atom. The van der Waals surface area contributed by atoms with Crippen LogP contribution in [0.1, 0.15) is 33.6 Å². The molecular weight excluding hydrogens is 208 g/mol. The van der Waals surface area contributed by atoms with Gasteiger partial charge in [-0.05, 0) is 32.6 Å². The van der Waals surface area contributed by atoms with Gasteiger partial charge in [-0.15, -0.1) is 10.1 Å². The van der Waals surface area contributed by atoms with Gasteiger partial charge in [-0.25, -0.2) is 0 Å². The maximum atomic E-state index is 10.3. The van der Waals surface area contributed by atoms with Crippen molar-refractivity contribution in [2.45, 2.75) is 39.2 Å². The van der Waals surface area contributed by atoms with Crippen LogP contribution < -0.4 is 0 Å². The highest BCUT2D eigenvalue weighted by Gasteiger charge is 2.43. The molecule has 0 saturated carbocycles. The van der Waals surface area contributed by atoms with Crippen molar-refractivity contribution in [1.29, 1.82) is 0 Å². The number of quaternary nitrogens is 1. The molecule has 1 aliphatic rings. The highest BCUT2D eigenvalue weighted by molar-refractivity contribution is 4.72. The third-order valence-electron chi connectivity index (χ3n) is 4.22. The predicted molar refractivity (Wildman–Crippen MR) is 61.3 cm³/mol. The first kappa shape index (κ1) is 13.2. The Kier molecular flexibility index (Phi) is 3.78. The number of likely N-dealkylation sites (N-methyl/N-ethyl adjacent to an activating group) is 1. The fraction of sp³-hybridized carbons (Fsp3) is 1.00. The number of hydrogen-bond donors (Lipinski definition) is 0. The first-order valence-corrected chi connectivity index (χ1v) is 5.89. The lowest BCUT2D eigenvalue weighted by atomic mass is 9.91. The molecule has 0 radical (unpaired) electrons. The quantitative estimate of drug-likeness (QED) is 0.421. The molecule has 0 N–H and O–H groups in total. The topological polar surface area (TPSA) is 52.4 Å². The minimum Gasteiger partial charge on any atom is -0.320 e. The van der Waals surface area contributed by atoms with E-state index >= 15 is 0 Å². The van der Waals surface area contributed by atoms with E-state index in [1.165, 1.54) is 12.8 Å².